The lowest BCUT2D eigenvalue weighted by molar-refractivity contribution is -0.188. The van der Waals surface area contributed by atoms with Crippen LogP contribution in [-0.2, 0) is 21.6 Å². The molecule has 1 aliphatic heterocycles. The molecule has 2 aromatic rings. The van der Waals surface area contributed by atoms with Crippen LogP contribution in [0, 0.1) is 11.6 Å². The summed E-state index contributed by atoms with van der Waals surface area (Å²) >= 11 is 0. The molecule has 25 heavy (non-hydrogen) atoms. The predicted octanol–water partition coefficient (Wildman–Crippen LogP) is 1.09. The van der Waals surface area contributed by atoms with E-state index in [2.05, 4.69) is 10.1 Å². The first-order valence-electron chi connectivity index (χ1n) is 7.87. The number of rotatable bonds is 6. The van der Waals surface area contributed by atoms with Crippen molar-refractivity contribution in [2.24, 2.45) is 0 Å². The molecule has 9 heteroatoms. The van der Waals surface area contributed by atoms with E-state index in [9.17, 15) is 13.9 Å². The summed E-state index contributed by atoms with van der Waals surface area (Å²) in [5, 5.41) is 15.4. The second-order valence-electron chi connectivity index (χ2n) is 6.03. The Bertz CT molecular complexity index is 709. The Morgan fingerprint density at radius 1 is 1.40 bits per heavy atom. The molecule has 0 amide bonds. The van der Waals surface area contributed by atoms with Crippen LogP contribution in [0.1, 0.15) is 12.5 Å². The Hall–Kier alpha value is -1.94. The fourth-order valence-electron chi connectivity index (χ4n) is 2.94. The highest BCUT2D eigenvalue weighted by molar-refractivity contribution is 5.27. The van der Waals surface area contributed by atoms with Crippen LogP contribution >= 0.6 is 0 Å². The summed E-state index contributed by atoms with van der Waals surface area (Å²) in [5.74, 6) is -1.55. The minimum absolute atomic E-state index is 0.0400. The number of aromatic nitrogens is 3. The van der Waals surface area contributed by atoms with Gasteiger partial charge >= 0.3 is 0 Å². The second-order valence-corrected chi connectivity index (χ2v) is 6.03. The molecule has 1 aliphatic rings. The molecule has 7 nitrogen and oxygen atoms in total. The summed E-state index contributed by atoms with van der Waals surface area (Å²) < 4.78 is 40.1. The third-order valence-electron chi connectivity index (χ3n) is 4.51. The van der Waals surface area contributed by atoms with Crippen molar-refractivity contribution in [3.8, 4) is 0 Å². The molecule has 0 radical (unpaired) electrons. The predicted molar refractivity (Wildman–Crippen MR) is 83.2 cm³/mol. The number of halogens is 2. The molecule has 1 aromatic carbocycles. The zero-order valence-electron chi connectivity index (χ0n) is 14.0. The summed E-state index contributed by atoms with van der Waals surface area (Å²) in [6.07, 6.45) is 2.08. The van der Waals surface area contributed by atoms with Gasteiger partial charge in [0.05, 0.1) is 19.8 Å². The minimum atomic E-state index is -1.73. The first kappa shape index (κ1) is 17.9. The average Bonchev–Trinajstić information content (AvgIpc) is 3.26. The number of hydrogen-bond acceptors (Lipinski definition) is 6. The molecule has 1 N–H and O–H groups in total. The van der Waals surface area contributed by atoms with Crippen molar-refractivity contribution in [1.82, 2.24) is 19.7 Å². The highest BCUT2D eigenvalue weighted by atomic mass is 19.1. The van der Waals surface area contributed by atoms with E-state index in [1.165, 1.54) is 23.4 Å². The first-order chi connectivity index (χ1) is 11.9. The van der Waals surface area contributed by atoms with Crippen LogP contribution in [0.15, 0.2) is 30.9 Å². The third-order valence-corrected chi connectivity index (χ3v) is 4.51. The largest absolute Gasteiger partial charge is 0.381 e. The van der Waals surface area contributed by atoms with E-state index in [-0.39, 0.29) is 12.1 Å². The van der Waals surface area contributed by atoms with Crippen molar-refractivity contribution in [2.75, 3.05) is 20.3 Å². The van der Waals surface area contributed by atoms with Gasteiger partial charge < -0.3 is 14.6 Å². The summed E-state index contributed by atoms with van der Waals surface area (Å²) in [6.45, 7) is 2.51. The van der Waals surface area contributed by atoms with Crippen LogP contribution in [0.3, 0.4) is 0 Å². The van der Waals surface area contributed by atoms with Crippen LogP contribution in [-0.4, -0.2) is 57.5 Å². The SMILES string of the molecule is C[C@@H](N(C)C1OCCO1)[C@](O)(Cn1cncn1)c1ccc(F)cc1F. The van der Waals surface area contributed by atoms with Crippen LogP contribution in [0.25, 0.3) is 0 Å². The van der Waals surface area contributed by atoms with Gasteiger partial charge in [-0.3, -0.25) is 4.90 Å². The molecule has 3 rings (SSSR count). The fourth-order valence-corrected chi connectivity index (χ4v) is 2.94. The normalized spacial score (nSPS) is 19.3. The Kier molecular flexibility index (Phi) is 5.09. The van der Waals surface area contributed by atoms with E-state index in [0.717, 1.165) is 12.1 Å². The molecular weight excluding hydrogens is 334 g/mol. The van der Waals surface area contributed by atoms with Crippen LogP contribution in [0.4, 0.5) is 8.78 Å². The van der Waals surface area contributed by atoms with Crippen LogP contribution < -0.4 is 0 Å². The van der Waals surface area contributed by atoms with E-state index in [0.29, 0.717) is 13.2 Å². The minimum Gasteiger partial charge on any atom is -0.381 e. The molecule has 0 aliphatic carbocycles. The van der Waals surface area contributed by atoms with Gasteiger partial charge in [-0.1, -0.05) is 6.07 Å². The lowest BCUT2D eigenvalue weighted by atomic mass is 9.85. The molecule has 0 spiro atoms. The number of nitrogens with zero attached hydrogens (tertiary/aromatic N) is 4. The fraction of sp³-hybridized carbons (Fsp3) is 0.500. The van der Waals surface area contributed by atoms with Crippen LogP contribution in [0.5, 0.6) is 0 Å². The Morgan fingerprint density at radius 2 is 2.12 bits per heavy atom. The number of likely N-dealkylation sites (N-methyl/N-ethyl adjacent to an activating group) is 1. The maximum absolute atomic E-state index is 14.4. The topological polar surface area (TPSA) is 72.6 Å². The zero-order valence-corrected chi connectivity index (χ0v) is 14.0. The number of ether oxygens (including phenoxy) is 2. The van der Waals surface area contributed by atoms with Crippen molar-refractivity contribution >= 4 is 0 Å². The van der Waals surface area contributed by atoms with Gasteiger partial charge in [-0.15, -0.1) is 0 Å². The quantitative estimate of drug-likeness (QED) is 0.837. The van der Waals surface area contributed by atoms with Gasteiger partial charge in [0.15, 0.2) is 0 Å². The molecule has 2 heterocycles. The monoisotopic (exact) mass is 354 g/mol. The molecule has 1 aromatic heterocycles. The summed E-state index contributed by atoms with van der Waals surface area (Å²) in [4.78, 5) is 5.50. The van der Waals surface area contributed by atoms with Gasteiger partial charge in [0.1, 0.15) is 29.9 Å². The van der Waals surface area contributed by atoms with Crippen molar-refractivity contribution in [1.29, 1.82) is 0 Å². The van der Waals surface area contributed by atoms with Gasteiger partial charge in [0.25, 0.3) is 0 Å². The van der Waals surface area contributed by atoms with E-state index >= 15 is 0 Å². The zero-order chi connectivity index (χ0) is 18.0. The van der Waals surface area contributed by atoms with Gasteiger partial charge in [0.2, 0.25) is 6.41 Å². The number of aliphatic hydroxyl groups is 1. The molecule has 0 unspecified atom stereocenters. The molecule has 2 atom stereocenters. The Labute approximate surface area is 143 Å². The highest BCUT2D eigenvalue weighted by Gasteiger charge is 2.43. The van der Waals surface area contributed by atoms with Crippen LogP contribution in [0.2, 0.25) is 0 Å². The van der Waals surface area contributed by atoms with Gasteiger partial charge in [0, 0.05) is 17.7 Å². The number of benzene rings is 1. The molecule has 0 saturated carbocycles. The van der Waals surface area contributed by atoms with E-state index in [1.54, 1.807) is 18.9 Å². The molecular formula is C16H20F2N4O3. The summed E-state index contributed by atoms with van der Waals surface area (Å²) in [7, 11) is 1.70. The van der Waals surface area contributed by atoms with Crippen molar-refractivity contribution in [3.63, 3.8) is 0 Å². The van der Waals surface area contributed by atoms with Gasteiger partial charge in [-0.05, 0) is 20.0 Å². The third kappa shape index (κ3) is 3.54. The maximum atomic E-state index is 14.4. The number of hydrogen-bond donors (Lipinski definition) is 1. The standard InChI is InChI=1S/C16H20F2N4O3/c1-11(21(2)15-24-5-6-25-15)16(23,8-22-10-19-9-20-22)13-4-3-12(17)7-14(13)18/h3-4,7,9-11,15,23H,5-6,8H2,1-2H3/t11-,16-/m1/s1. The van der Waals surface area contributed by atoms with Crippen molar-refractivity contribution in [2.45, 2.75) is 31.5 Å². The smallest absolute Gasteiger partial charge is 0.218 e. The van der Waals surface area contributed by atoms with E-state index < -0.39 is 29.7 Å². The Morgan fingerprint density at radius 3 is 2.72 bits per heavy atom. The summed E-state index contributed by atoms with van der Waals surface area (Å²) in [6, 6.07) is 2.46. The van der Waals surface area contributed by atoms with E-state index in [4.69, 9.17) is 9.47 Å². The van der Waals surface area contributed by atoms with Crippen molar-refractivity contribution in [3.05, 3.63) is 48.1 Å². The van der Waals surface area contributed by atoms with Crippen molar-refractivity contribution < 1.29 is 23.4 Å². The lowest BCUT2D eigenvalue weighted by Crippen LogP contribution is -2.54. The molecule has 136 valence electrons. The Balaban J connectivity index is 1.98. The highest BCUT2D eigenvalue weighted by Crippen LogP contribution is 2.33. The van der Waals surface area contributed by atoms with E-state index in [1.807, 2.05) is 0 Å². The molecule has 0 bridgehead atoms. The lowest BCUT2D eigenvalue weighted by Gasteiger charge is -2.41. The first-order valence-corrected chi connectivity index (χ1v) is 7.87. The van der Waals surface area contributed by atoms with Gasteiger partial charge in [-0.2, -0.15) is 5.10 Å². The maximum Gasteiger partial charge on any atom is 0.218 e. The average molecular weight is 354 g/mol. The summed E-state index contributed by atoms with van der Waals surface area (Å²) in [5.41, 5.74) is -1.77. The molecule has 1 fully saturated rings. The second kappa shape index (κ2) is 7.12. The van der Waals surface area contributed by atoms with Gasteiger partial charge in [-0.25, -0.2) is 18.4 Å². The molecule has 1 saturated heterocycles.